The number of hydrogen-bond acceptors (Lipinski definition) is 2. The van der Waals surface area contributed by atoms with Crippen molar-refractivity contribution >= 4 is 17.5 Å². The molecule has 0 bridgehead atoms. The van der Waals surface area contributed by atoms with Gasteiger partial charge in [0, 0.05) is 29.7 Å². The van der Waals surface area contributed by atoms with Crippen LogP contribution in [0.4, 0.5) is 0 Å². The summed E-state index contributed by atoms with van der Waals surface area (Å²) in [6, 6.07) is 12.4. The largest absolute Gasteiger partial charge is 0.508 e. The van der Waals surface area contributed by atoms with Gasteiger partial charge in [-0.2, -0.15) is 0 Å². The second kappa shape index (κ2) is 5.97. The van der Waals surface area contributed by atoms with Crippen molar-refractivity contribution < 1.29 is 9.90 Å². The lowest BCUT2D eigenvalue weighted by Gasteiger charge is -2.19. The van der Waals surface area contributed by atoms with Crippen LogP contribution in [0.3, 0.4) is 0 Å². The molecule has 3 nitrogen and oxygen atoms in total. The molecule has 0 saturated carbocycles. The Morgan fingerprint density at radius 3 is 2.60 bits per heavy atom. The predicted octanol–water partition coefficient (Wildman–Crippen LogP) is 3.63. The molecular weight excluding hydrogens is 274 g/mol. The summed E-state index contributed by atoms with van der Waals surface area (Å²) in [5, 5.41) is 10.3. The lowest BCUT2D eigenvalue weighted by molar-refractivity contribution is 0.0784. The smallest absolute Gasteiger partial charge is 0.254 e. The van der Waals surface area contributed by atoms with E-state index in [0.717, 1.165) is 5.56 Å². The number of amides is 1. The average molecular weight is 290 g/mol. The molecule has 20 heavy (non-hydrogen) atoms. The first-order valence-corrected chi connectivity index (χ1v) is 6.66. The number of benzene rings is 2. The van der Waals surface area contributed by atoms with Crippen molar-refractivity contribution in [2.24, 2.45) is 0 Å². The highest BCUT2D eigenvalue weighted by Crippen LogP contribution is 2.22. The van der Waals surface area contributed by atoms with E-state index in [1.54, 1.807) is 43.1 Å². The van der Waals surface area contributed by atoms with Crippen LogP contribution in [-0.4, -0.2) is 23.0 Å². The number of aromatic hydroxyl groups is 1. The van der Waals surface area contributed by atoms with Gasteiger partial charge in [-0.1, -0.05) is 35.9 Å². The molecule has 2 aromatic rings. The highest BCUT2D eigenvalue weighted by molar-refractivity contribution is 6.31. The minimum Gasteiger partial charge on any atom is -0.508 e. The zero-order valence-corrected chi connectivity index (χ0v) is 12.2. The fourth-order valence-electron chi connectivity index (χ4n) is 2.01. The van der Waals surface area contributed by atoms with Crippen molar-refractivity contribution in [2.75, 3.05) is 7.05 Å². The van der Waals surface area contributed by atoms with Crippen LogP contribution in [0.1, 0.15) is 21.5 Å². The Bertz CT molecular complexity index is 640. The Kier molecular flexibility index (Phi) is 4.30. The molecular formula is C16H16ClNO2. The second-order valence-electron chi connectivity index (χ2n) is 4.70. The van der Waals surface area contributed by atoms with E-state index in [4.69, 9.17) is 11.6 Å². The number of halogens is 1. The number of hydrogen-bond donors (Lipinski definition) is 1. The number of phenolic OH excluding ortho intramolecular Hbond substituents is 1. The summed E-state index contributed by atoms with van der Waals surface area (Å²) in [6.07, 6.45) is 0. The van der Waals surface area contributed by atoms with Crippen molar-refractivity contribution in [3.8, 4) is 5.75 Å². The van der Waals surface area contributed by atoms with Crippen molar-refractivity contribution in [3.05, 3.63) is 64.2 Å². The summed E-state index contributed by atoms with van der Waals surface area (Å²) in [4.78, 5) is 14.0. The molecule has 104 valence electrons. The van der Waals surface area contributed by atoms with Crippen LogP contribution in [0.15, 0.2) is 42.5 Å². The molecule has 0 spiro atoms. The molecule has 0 saturated heterocycles. The van der Waals surface area contributed by atoms with Gasteiger partial charge in [-0.05, 0) is 30.7 Å². The number of rotatable bonds is 3. The number of carbonyl (C=O) groups is 1. The maximum absolute atomic E-state index is 12.4. The highest BCUT2D eigenvalue weighted by atomic mass is 35.5. The van der Waals surface area contributed by atoms with Crippen molar-refractivity contribution in [3.63, 3.8) is 0 Å². The van der Waals surface area contributed by atoms with Gasteiger partial charge in [-0.25, -0.2) is 0 Å². The van der Waals surface area contributed by atoms with Gasteiger partial charge in [-0.15, -0.1) is 0 Å². The Morgan fingerprint density at radius 1 is 1.20 bits per heavy atom. The highest BCUT2D eigenvalue weighted by Gasteiger charge is 2.16. The van der Waals surface area contributed by atoms with E-state index in [1.807, 2.05) is 18.2 Å². The Morgan fingerprint density at radius 2 is 1.90 bits per heavy atom. The molecule has 0 aromatic heterocycles. The minimum atomic E-state index is -0.140. The first-order valence-electron chi connectivity index (χ1n) is 6.28. The number of nitrogens with zero attached hydrogens (tertiary/aromatic N) is 1. The normalized spacial score (nSPS) is 10.3. The summed E-state index contributed by atoms with van der Waals surface area (Å²) in [5.74, 6) is -0.0136. The van der Waals surface area contributed by atoms with Gasteiger partial charge >= 0.3 is 0 Å². The first-order chi connectivity index (χ1) is 9.50. The maximum Gasteiger partial charge on any atom is 0.254 e. The lowest BCUT2D eigenvalue weighted by atomic mass is 10.1. The van der Waals surface area contributed by atoms with E-state index in [1.165, 1.54) is 0 Å². The number of carbonyl (C=O) groups excluding carboxylic acids is 1. The second-order valence-corrected chi connectivity index (χ2v) is 5.11. The average Bonchev–Trinajstić information content (AvgIpc) is 2.43. The number of phenols is 1. The zero-order chi connectivity index (χ0) is 14.7. The van der Waals surface area contributed by atoms with E-state index in [0.29, 0.717) is 22.7 Å². The van der Waals surface area contributed by atoms with Crippen LogP contribution in [0, 0.1) is 6.92 Å². The van der Waals surface area contributed by atoms with E-state index in [2.05, 4.69) is 0 Å². The molecule has 0 aliphatic carbocycles. The molecule has 1 N–H and O–H groups in total. The van der Waals surface area contributed by atoms with Crippen LogP contribution < -0.4 is 0 Å². The molecule has 0 unspecified atom stereocenters. The molecule has 2 rings (SSSR count). The summed E-state index contributed by atoms with van der Waals surface area (Å²) < 4.78 is 0. The Labute approximate surface area is 123 Å². The third-order valence-electron chi connectivity index (χ3n) is 3.25. The molecule has 0 atom stereocenters. The third-order valence-corrected chi connectivity index (χ3v) is 3.62. The molecule has 0 radical (unpaired) electrons. The van der Waals surface area contributed by atoms with Crippen LogP contribution in [0.25, 0.3) is 0 Å². The molecule has 0 aliphatic rings. The predicted molar refractivity (Wildman–Crippen MR) is 80.1 cm³/mol. The van der Waals surface area contributed by atoms with Crippen LogP contribution in [0.5, 0.6) is 5.75 Å². The van der Waals surface area contributed by atoms with Crippen molar-refractivity contribution in [1.29, 1.82) is 0 Å². The van der Waals surface area contributed by atoms with E-state index in [9.17, 15) is 9.90 Å². The lowest BCUT2D eigenvalue weighted by Crippen LogP contribution is -2.27. The monoisotopic (exact) mass is 289 g/mol. The summed E-state index contributed by atoms with van der Waals surface area (Å²) in [6.45, 7) is 2.15. The first kappa shape index (κ1) is 14.4. The Balaban J connectivity index is 2.21. The van der Waals surface area contributed by atoms with Gasteiger partial charge in [0.2, 0.25) is 0 Å². The van der Waals surface area contributed by atoms with Crippen LogP contribution in [0.2, 0.25) is 5.02 Å². The molecule has 0 aliphatic heterocycles. The summed E-state index contributed by atoms with van der Waals surface area (Å²) in [5.41, 5.74) is 1.98. The minimum absolute atomic E-state index is 0.127. The van der Waals surface area contributed by atoms with E-state index in [-0.39, 0.29) is 11.7 Å². The molecule has 0 heterocycles. The van der Waals surface area contributed by atoms with Crippen molar-refractivity contribution in [2.45, 2.75) is 13.5 Å². The van der Waals surface area contributed by atoms with Crippen LogP contribution >= 0.6 is 11.6 Å². The van der Waals surface area contributed by atoms with E-state index < -0.39 is 0 Å². The topological polar surface area (TPSA) is 40.5 Å². The van der Waals surface area contributed by atoms with Gasteiger partial charge in [0.25, 0.3) is 5.91 Å². The molecule has 0 fully saturated rings. The van der Waals surface area contributed by atoms with Gasteiger partial charge in [0.05, 0.1) is 0 Å². The SMILES string of the molecule is Cc1c(O)cccc1C(=O)N(C)Cc1ccccc1Cl. The van der Waals surface area contributed by atoms with Gasteiger partial charge < -0.3 is 10.0 Å². The van der Waals surface area contributed by atoms with E-state index >= 15 is 0 Å². The Hall–Kier alpha value is -2.00. The standard InChI is InChI=1S/C16H16ClNO2/c1-11-13(7-5-9-15(11)19)16(20)18(2)10-12-6-3-4-8-14(12)17/h3-9,19H,10H2,1-2H3. The fraction of sp³-hybridized carbons (Fsp3) is 0.188. The van der Waals surface area contributed by atoms with Gasteiger partial charge in [0.1, 0.15) is 5.75 Å². The van der Waals surface area contributed by atoms with Crippen molar-refractivity contribution in [1.82, 2.24) is 4.90 Å². The molecule has 1 amide bonds. The maximum atomic E-state index is 12.4. The molecule has 4 heteroatoms. The van der Waals surface area contributed by atoms with Crippen LogP contribution in [-0.2, 0) is 6.54 Å². The van der Waals surface area contributed by atoms with Gasteiger partial charge in [-0.3, -0.25) is 4.79 Å². The zero-order valence-electron chi connectivity index (χ0n) is 11.4. The third kappa shape index (κ3) is 2.94. The fourth-order valence-corrected chi connectivity index (χ4v) is 2.21. The van der Waals surface area contributed by atoms with Gasteiger partial charge in [0.15, 0.2) is 0 Å². The molecule has 2 aromatic carbocycles. The summed E-state index contributed by atoms with van der Waals surface area (Å²) >= 11 is 6.10. The summed E-state index contributed by atoms with van der Waals surface area (Å²) in [7, 11) is 1.72. The quantitative estimate of drug-likeness (QED) is 0.937.